The van der Waals surface area contributed by atoms with E-state index in [0.717, 1.165) is 18.6 Å². The summed E-state index contributed by atoms with van der Waals surface area (Å²) in [5, 5.41) is 0. The first kappa shape index (κ1) is 25.0. The molecule has 0 aliphatic carbocycles. The van der Waals surface area contributed by atoms with Gasteiger partial charge in [-0.15, -0.1) is 0 Å². The average molecular weight is 502 g/mol. The fourth-order valence-corrected chi connectivity index (χ4v) is 3.87. The summed E-state index contributed by atoms with van der Waals surface area (Å²) in [6.07, 6.45) is -3.41. The zero-order chi connectivity index (χ0) is 25.5. The van der Waals surface area contributed by atoms with Crippen molar-refractivity contribution in [3.05, 3.63) is 88.5 Å². The third-order valence-corrected chi connectivity index (χ3v) is 5.76. The van der Waals surface area contributed by atoms with Gasteiger partial charge in [0.1, 0.15) is 17.1 Å². The Morgan fingerprint density at radius 3 is 2.03 bits per heavy atom. The Bertz CT molecular complexity index is 1230. The molecule has 0 aromatic heterocycles. The van der Waals surface area contributed by atoms with Crippen LogP contribution < -0.4 is 4.74 Å². The quantitative estimate of drug-likeness (QED) is 0.262. The van der Waals surface area contributed by atoms with Crippen LogP contribution in [0.15, 0.2) is 42.5 Å². The lowest BCUT2D eigenvalue weighted by Gasteiger charge is -2.27. The minimum atomic E-state index is -4.60. The first-order chi connectivity index (χ1) is 16.5. The summed E-state index contributed by atoms with van der Waals surface area (Å²) in [5.74, 6) is -11.1. The van der Waals surface area contributed by atoms with Crippen LogP contribution in [0.2, 0.25) is 0 Å². The second-order valence-corrected chi connectivity index (χ2v) is 8.35. The summed E-state index contributed by atoms with van der Waals surface area (Å²) >= 11 is 0. The number of hydrogen-bond acceptors (Lipinski definition) is 2. The third-order valence-electron chi connectivity index (χ3n) is 5.76. The number of hydrogen-bond donors (Lipinski definition) is 0. The molecular formula is C25H18F8O2. The highest BCUT2D eigenvalue weighted by molar-refractivity contribution is 5.66. The van der Waals surface area contributed by atoms with Crippen molar-refractivity contribution in [3.63, 3.8) is 0 Å². The van der Waals surface area contributed by atoms with E-state index in [1.54, 1.807) is 0 Å². The van der Waals surface area contributed by atoms with Crippen LogP contribution in [-0.2, 0) is 10.8 Å². The summed E-state index contributed by atoms with van der Waals surface area (Å²) < 4.78 is 123. The highest BCUT2D eigenvalue weighted by Gasteiger charge is 2.40. The van der Waals surface area contributed by atoms with E-state index in [1.807, 2.05) is 6.92 Å². The predicted octanol–water partition coefficient (Wildman–Crippen LogP) is 7.80. The van der Waals surface area contributed by atoms with E-state index < -0.39 is 57.9 Å². The minimum absolute atomic E-state index is 0.128. The van der Waals surface area contributed by atoms with Gasteiger partial charge in [0.2, 0.25) is 0 Å². The van der Waals surface area contributed by atoms with Crippen molar-refractivity contribution in [1.29, 1.82) is 0 Å². The molecule has 35 heavy (non-hydrogen) atoms. The van der Waals surface area contributed by atoms with Gasteiger partial charge in [-0.25, -0.2) is 26.3 Å². The molecule has 2 atom stereocenters. The molecule has 2 nitrogen and oxygen atoms in total. The van der Waals surface area contributed by atoms with Crippen LogP contribution in [0.5, 0.6) is 5.75 Å². The average Bonchev–Trinajstić information content (AvgIpc) is 2.79. The molecule has 1 heterocycles. The van der Waals surface area contributed by atoms with E-state index in [-0.39, 0.29) is 23.8 Å². The SMILES string of the molecule is CC1CCC(c2ccc(-c3ccc(C(F)(F)Oc4cc(F)c(F)c(F)c4)c(F)c3F)c(F)c2)OC1. The standard InChI is InChI=1S/C25H18F8O2/c1-12-2-7-21(34-11-12)13-3-4-15(18(26)8-13)16-5-6-17(23(30)22(16)29)25(32,33)35-14-9-19(27)24(31)20(28)10-14/h3-6,8-10,12,21H,2,7,11H2,1H3. The third kappa shape index (κ3) is 4.98. The molecule has 0 N–H and O–H groups in total. The molecule has 4 rings (SSSR count). The summed E-state index contributed by atoms with van der Waals surface area (Å²) in [4.78, 5) is 0. The number of rotatable bonds is 5. The van der Waals surface area contributed by atoms with Gasteiger partial charge in [-0.2, -0.15) is 8.78 Å². The highest BCUT2D eigenvalue weighted by Crippen LogP contribution is 2.39. The molecule has 3 aromatic rings. The predicted molar refractivity (Wildman–Crippen MR) is 110 cm³/mol. The van der Waals surface area contributed by atoms with Crippen LogP contribution in [0.25, 0.3) is 11.1 Å². The molecule has 10 heteroatoms. The van der Waals surface area contributed by atoms with Crippen LogP contribution in [0, 0.1) is 40.8 Å². The maximum absolute atomic E-state index is 14.8. The Kier molecular flexibility index (Phi) is 6.77. The van der Waals surface area contributed by atoms with Gasteiger partial charge >= 0.3 is 6.11 Å². The molecule has 0 amide bonds. The number of halogens is 8. The van der Waals surface area contributed by atoms with Gasteiger partial charge in [0.05, 0.1) is 6.10 Å². The minimum Gasteiger partial charge on any atom is -0.429 e. The zero-order valence-electron chi connectivity index (χ0n) is 18.2. The van der Waals surface area contributed by atoms with Crippen molar-refractivity contribution in [2.45, 2.75) is 32.0 Å². The van der Waals surface area contributed by atoms with Gasteiger partial charge in [-0.1, -0.05) is 25.1 Å². The van der Waals surface area contributed by atoms with E-state index >= 15 is 0 Å². The molecule has 1 saturated heterocycles. The second-order valence-electron chi connectivity index (χ2n) is 8.35. The van der Waals surface area contributed by atoms with Crippen molar-refractivity contribution in [3.8, 4) is 16.9 Å². The Hall–Kier alpha value is -3.14. The molecule has 0 bridgehead atoms. The van der Waals surface area contributed by atoms with E-state index in [0.29, 0.717) is 30.6 Å². The summed E-state index contributed by atoms with van der Waals surface area (Å²) in [5.41, 5.74) is -2.09. The first-order valence-corrected chi connectivity index (χ1v) is 10.6. The Morgan fingerprint density at radius 1 is 0.771 bits per heavy atom. The molecular weight excluding hydrogens is 484 g/mol. The van der Waals surface area contributed by atoms with Crippen molar-refractivity contribution < 1.29 is 44.6 Å². The lowest BCUT2D eigenvalue weighted by molar-refractivity contribution is -0.187. The summed E-state index contributed by atoms with van der Waals surface area (Å²) in [7, 11) is 0. The zero-order valence-corrected chi connectivity index (χ0v) is 18.2. The number of benzene rings is 3. The molecule has 0 radical (unpaired) electrons. The van der Waals surface area contributed by atoms with Gasteiger partial charge in [-0.05, 0) is 36.5 Å². The fourth-order valence-electron chi connectivity index (χ4n) is 3.87. The molecule has 1 fully saturated rings. The van der Waals surface area contributed by atoms with Crippen molar-refractivity contribution in [2.75, 3.05) is 6.61 Å². The normalized spacial score (nSPS) is 18.5. The Morgan fingerprint density at radius 2 is 1.43 bits per heavy atom. The van der Waals surface area contributed by atoms with Gasteiger partial charge in [-0.3, -0.25) is 0 Å². The maximum atomic E-state index is 14.8. The van der Waals surface area contributed by atoms with Crippen LogP contribution >= 0.6 is 0 Å². The summed E-state index contributed by atoms with van der Waals surface area (Å²) in [6, 6.07) is 5.25. The molecule has 3 aromatic carbocycles. The topological polar surface area (TPSA) is 18.5 Å². The van der Waals surface area contributed by atoms with Gasteiger partial charge in [0.25, 0.3) is 0 Å². The van der Waals surface area contributed by atoms with Gasteiger partial charge in [0.15, 0.2) is 29.1 Å². The Labute approximate surface area is 195 Å². The van der Waals surface area contributed by atoms with E-state index in [4.69, 9.17) is 4.74 Å². The van der Waals surface area contributed by atoms with Crippen LogP contribution in [0.4, 0.5) is 35.1 Å². The van der Waals surface area contributed by atoms with Crippen molar-refractivity contribution >= 4 is 0 Å². The number of alkyl halides is 2. The van der Waals surface area contributed by atoms with E-state index in [2.05, 4.69) is 4.74 Å². The van der Waals surface area contributed by atoms with Gasteiger partial charge < -0.3 is 9.47 Å². The molecule has 0 saturated carbocycles. The van der Waals surface area contributed by atoms with Crippen LogP contribution in [-0.4, -0.2) is 6.61 Å². The Balaban J connectivity index is 1.62. The lowest BCUT2D eigenvalue weighted by Crippen LogP contribution is -2.24. The lowest BCUT2D eigenvalue weighted by atomic mass is 9.94. The second kappa shape index (κ2) is 9.49. The smallest absolute Gasteiger partial charge is 0.429 e. The van der Waals surface area contributed by atoms with Crippen LogP contribution in [0.1, 0.15) is 37.0 Å². The van der Waals surface area contributed by atoms with Crippen molar-refractivity contribution in [1.82, 2.24) is 0 Å². The van der Waals surface area contributed by atoms with E-state index in [1.165, 1.54) is 12.1 Å². The maximum Gasteiger partial charge on any atom is 0.429 e. The number of ether oxygens (including phenoxy) is 2. The molecule has 0 spiro atoms. The van der Waals surface area contributed by atoms with E-state index in [9.17, 15) is 35.1 Å². The fraction of sp³-hybridized carbons (Fsp3) is 0.280. The van der Waals surface area contributed by atoms with Crippen molar-refractivity contribution in [2.24, 2.45) is 5.92 Å². The summed E-state index contributed by atoms with van der Waals surface area (Å²) in [6.45, 7) is 2.52. The highest BCUT2D eigenvalue weighted by atomic mass is 19.3. The molecule has 186 valence electrons. The monoisotopic (exact) mass is 502 g/mol. The first-order valence-electron chi connectivity index (χ1n) is 10.6. The molecule has 1 aliphatic heterocycles. The largest absolute Gasteiger partial charge is 0.429 e. The van der Waals surface area contributed by atoms with Gasteiger partial charge in [0, 0.05) is 29.9 Å². The van der Waals surface area contributed by atoms with Crippen LogP contribution in [0.3, 0.4) is 0 Å². The molecule has 1 aliphatic rings. The molecule has 2 unspecified atom stereocenters.